The normalized spacial score (nSPS) is 13.4. The van der Waals surface area contributed by atoms with Crippen LogP contribution in [0.3, 0.4) is 0 Å². The lowest BCUT2D eigenvalue weighted by molar-refractivity contribution is 0.0915. The van der Waals surface area contributed by atoms with Gasteiger partial charge in [-0.2, -0.15) is 0 Å². The van der Waals surface area contributed by atoms with Crippen LogP contribution in [-0.2, 0) is 0 Å². The smallest absolute Gasteiger partial charge is 0.251 e. The molecule has 0 aliphatic heterocycles. The summed E-state index contributed by atoms with van der Waals surface area (Å²) in [4.78, 5) is 14.8. The molecule has 1 amide bonds. The average Bonchev–Trinajstić information content (AvgIpc) is 3.17. The minimum absolute atomic E-state index is 0.0441. The van der Waals surface area contributed by atoms with E-state index in [0.717, 1.165) is 5.69 Å². The molecule has 2 atom stereocenters. The topological polar surface area (TPSA) is 63.1 Å². The summed E-state index contributed by atoms with van der Waals surface area (Å²) in [5.74, 6) is -0.0874. The van der Waals surface area contributed by atoms with Gasteiger partial charge < -0.3 is 10.2 Å². The summed E-state index contributed by atoms with van der Waals surface area (Å²) in [7, 11) is 4.04. The predicted octanol–water partition coefficient (Wildman–Crippen LogP) is 2.69. The Kier molecular flexibility index (Phi) is 5.43. The SMILES string of the molecule is C[C@H](NC(=O)c1ccc(-n2cnnc2)cc1)[C@H](c1ccccc1)N(C)C. The molecule has 6 heteroatoms. The number of nitrogens with zero attached hydrogens (tertiary/aromatic N) is 4. The van der Waals surface area contributed by atoms with E-state index in [2.05, 4.69) is 32.5 Å². The molecule has 0 radical (unpaired) electrons. The van der Waals surface area contributed by atoms with Crippen molar-refractivity contribution in [3.05, 3.63) is 78.4 Å². The number of benzene rings is 2. The number of carbonyl (C=O) groups is 1. The second-order valence-electron chi connectivity index (χ2n) is 6.50. The van der Waals surface area contributed by atoms with Gasteiger partial charge in [-0.05, 0) is 50.8 Å². The first-order chi connectivity index (χ1) is 12.6. The molecule has 0 aliphatic rings. The Morgan fingerprint density at radius 1 is 1.00 bits per heavy atom. The van der Waals surface area contributed by atoms with E-state index in [4.69, 9.17) is 0 Å². The van der Waals surface area contributed by atoms with E-state index in [1.54, 1.807) is 17.2 Å². The van der Waals surface area contributed by atoms with Crippen molar-refractivity contribution in [2.24, 2.45) is 0 Å². The van der Waals surface area contributed by atoms with Gasteiger partial charge in [-0.15, -0.1) is 10.2 Å². The molecular formula is C20H23N5O. The van der Waals surface area contributed by atoms with Crippen molar-refractivity contribution in [2.45, 2.75) is 19.0 Å². The Balaban J connectivity index is 1.72. The number of nitrogens with one attached hydrogen (secondary N) is 1. The maximum atomic E-state index is 12.7. The molecule has 2 aromatic carbocycles. The second kappa shape index (κ2) is 7.93. The summed E-state index contributed by atoms with van der Waals surface area (Å²) in [5.41, 5.74) is 2.71. The van der Waals surface area contributed by atoms with Gasteiger partial charge in [0.25, 0.3) is 5.91 Å². The van der Waals surface area contributed by atoms with Crippen molar-refractivity contribution in [3.8, 4) is 5.69 Å². The van der Waals surface area contributed by atoms with Crippen molar-refractivity contribution in [1.29, 1.82) is 0 Å². The zero-order chi connectivity index (χ0) is 18.5. The van der Waals surface area contributed by atoms with Crippen molar-refractivity contribution in [1.82, 2.24) is 25.0 Å². The first kappa shape index (κ1) is 17.8. The summed E-state index contributed by atoms with van der Waals surface area (Å²) >= 11 is 0. The zero-order valence-corrected chi connectivity index (χ0v) is 15.2. The standard InChI is InChI=1S/C20H23N5O/c1-15(19(24(2)3)16-7-5-4-6-8-16)23-20(26)17-9-11-18(12-10-17)25-13-21-22-14-25/h4-15,19H,1-3H3,(H,23,26)/t15-,19+/m0/s1. The fraction of sp³-hybridized carbons (Fsp3) is 0.250. The highest BCUT2D eigenvalue weighted by Gasteiger charge is 2.23. The maximum Gasteiger partial charge on any atom is 0.251 e. The first-order valence-corrected chi connectivity index (χ1v) is 8.53. The number of amides is 1. The van der Waals surface area contributed by atoms with E-state index < -0.39 is 0 Å². The largest absolute Gasteiger partial charge is 0.348 e. The molecule has 134 valence electrons. The van der Waals surface area contributed by atoms with E-state index >= 15 is 0 Å². The molecule has 26 heavy (non-hydrogen) atoms. The fourth-order valence-corrected chi connectivity index (χ4v) is 3.17. The molecule has 3 aromatic rings. The molecule has 0 unspecified atom stereocenters. The monoisotopic (exact) mass is 349 g/mol. The van der Waals surface area contributed by atoms with Gasteiger partial charge >= 0.3 is 0 Å². The van der Waals surface area contributed by atoms with Crippen LogP contribution in [0.2, 0.25) is 0 Å². The lowest BCUT2D eigenvalue weighted by atomic mass is 9.99. The molecule has 0 fully saturated rings. The highest BCUT2D eigenvalue weighted by atomic mass is 16.1. The van der Waals surface area contributed by atoms with E-state index in [9.17, 15) is 4.79 Å². The van der Waals surface area contributed by atoms with Crippen LogP contribution in [0.25, 0.3) is 5.69 Å². The third-order valence-electron chi connectivity index (χ3n) is 4.38. The number of carbonyl (C=O) groups excluding carboxylic acids is 1. The van der Waals surface area contributed by atoms with E-state index in [-0.39, 0.29) is 18.0 Å². The average molecular weight is 349 g/mol. The third-order valence-corrected chi connectivity index (χ3v) is 4.38. The number of likely N-dealkylation sites (N-methyl/N-ethyl adjacent to an activating group) is 1. The van der Waals surface area contributed by atoms with Gasteiger partial charge in [-0.1, -0.05) is 30.3 Å². The van der Waals surface area contributed by atoms with Crippen LogP contribution in [0.5, 0.6) is 0 Å². The van der Waals surface area contributed by atoms with Gasteiger partial charge in [0, 0.05) is 17.3 Å². The van der Waals surface area contributed by atoms with Gasteiger partial charge in [0.15, 0.2) is 0 Å². The Morgan fingerprint density at radius 3 is 2.19 bits per heavy atom. The van der Waals surface area contributed by atoms with Crippen LogP contribution in [0.1, 0.15) is 28.9 Å². The number of rotatable bonds is 6. The molecule has 0 bridgehead atoms. The number of aromatic nitrogens is 3. The van der Waals surface area contributed by atoms with E-state index in [1.165, 1.54) is 5.56 Å². The molecule has 6 nitrogen and oxygen atoms in total. The molecule has 0 saturated heterocycles. The van der Waals surface area contributed by atoms with E-state index in [0.29, 0.717) is 5.56 Å². The lowest BCUT2D eigenvalue weighted by Crippen LogP contribution is -2.42. The number of hydrogen-bond donors (Lipinski definition) is 1. The predicted molar refractivity (Wildman–Crippen MR) is 101 cm³/mol. The van der Waals surface area contributed by atoms with E-state index in [1.807, 2.05) is 63.5 Å². The molecule has 1 aromatic heterocycles. The van der Waals surface area contributed by atoms with Crippen molar-refractivity contribution in [3.63, 3.8) is 0 Å². The number of hydrogen-bond acceptors (Lipinski definition) is 4. The summed E-state index contributed by atoms with van der Waals surface area (Å²) in [5, 5.41) is 10.7. The van der Waals surface area contributed by atoms with Crippen LogP contribution in [0.4, 0.5) is 0 Å². The van der Waals surface area contributed by atoms with Gasteiger partial charge in [0.2, 0.25) is 0 Å². The van der Waals surface area contributed by atoms with Crippen LogP contribution in [0, 0.1) is 0 Å². The highest BCUT2D eigenvalue weighted by Crippen LogP contribution is 2.22. The maximum absolute atomic E-state index is 12.7. The van der Waals surface area contributed by atoms with Crippen LogP contribution < -0.4 is 5.32 Å². The highest BCUT2D eigenvalue weighted by molar-refractivity contribution is 5.94. The quantitative estimate of drug-likeness (QED) is 0.743. The molecule has 3 rings (SSSR count). The lowest BCUT2D eigenvalue weighted by Gasteiger charge is -2.31. The zero-order valence-electron chi connectivity index (χ0n) is 15.2. The summed E-state index contributed by atoms with van der Waals surface area (Å²) in [6.07, 6.45) is 3.25. The van der Waals surface area contributed by atoms with Crippen molar-refractivity contribution < 1.29 is 4.79 Å². The Hall–Kier alpha value is -2.99. The van der Waals surface area contributed by atoms with Crippen LogP contribution in [-0.4, -0.2) is 45.7 Å². The molecule has 0 saturated carbocycles. The molecular weight excluding hydrogens is 326 g/mol. The van der Waals surface area contributed by atoms with Gasteiger partial charge in [0.1, 0.15) is 12.7 Å². The second-order valence-corrected chi connectivity index (χ2v) is 6.50. The van der Waals surface area contributed by atoms with Crippen molar-refractivity contribution >= 4 is 5.91 Å². The third kappa shape index (κ3) is 3.97. The minimum atomic E-state index is -0.0874. The Morgan fingerprint density at radius 2 is 1.62 bits per heavy atom. The van der Waals surface area contributed by atoms with Crippen LogP contribution >= 0.6 is 0 Å². The summed E-state index contributed by atoms with van der Waals surface area (Å²) in [6.45, 7) is 2.03. The van der Waals surface area contributed by atoms with Crippen molar-refractivity contribution in [2.75, 3.05) is 14.1 Å². The summed E-state index contributed by atoms with van der Waals surface area (Å²) < 4.78 is 1.79. The Bertz CT molecular complexity index is 828. The summed E-state index contributed by atoms with van der Waals surface area (Å²) in [6, 6.07) is 17.6. The first-order valence-electron chi connectivity index (χ1n) is 8.53. The Labute approximate surface area is 153 Å². The molecule has 0 spiro atoms. The fourth-order valence-electron chi connectivity index (χ4n) is 3.17. The molecule has 1 heterocycles. The van der Waals surface area contributed by atoms with Gasteiger partial charge in [-0.3, -0.25) is 9.36 Å². The van der Waals surface area contributed by atoms with Crippen LogP contribution in [0.15, 0.2) is 67.3 Å². The van der Waals surface area contributed by atoms with Gasteiger partial charge in [-0.25, -0.2) is 0 Å². The van der Waals surface area contributed by atoms with Gasteiger partial charge in [0.05, 0.1) is 6.04 Å². The minimum Gasteiger partial charge on any atom is -0.348 e. The molecule has 0 aliphatic carbocycles. The molecule has 1 N–H and O–H groups in total.